The van der Waals surface area contributed by atoms with Gasteiger partial charge in [-0.05, 0) is 42.6 Å². The molecule has 0 spiro atoms. The van der Waals surface area contributed by atoms with E-state index in [1.165, 1.54) is 5.06 Å². The predicted octanol–water partition coefficient (Wildman–Crippen LogP) is 5.15. The van der Waals surface area contributed by atoms with Crippen molar-refractivity contribution in [2.75, 3.05) is 0 Å². The largest absolute Gasteiger partial charge is 0.444 e. The summed E-state index contributed by atoms with van der Waals surface area (Å²) in [6.45, 7) is 6.47. The van der Waals surface area contributed by atoms with Crippen LogP contribution in [0, 0.1) is 22.0 Å². The molecule has 162 valence electrons. The number of nitro groups is 1. The molecule has 2 bridgehead atoms. The van der Waals surface area contributed by atoms with Gasteiger partial charge < -0.3 is 4.74 Å². The molecule has 5 rings (SSSR count). The highest BCUT2D eigenvalue weighted by Gasteiger charge is 2.44. The lowest BCUT2D eigenvalue weighted by molar-refractivity contribution is -0.384. The lowest BCUT2D eigenvalue weighted by Crippen LogP contribution is -2.51. The van der Waals surface area contributed by atoms with Crippen molar-refractivity contribution in [2.24, 2.45) is 11.8 Å². The number of hydroxylamine groups is 2. The summed E-state index contributed by atoms with van der Waals surface area (Å²) < 4.78 is 6.06. The summed E-state index contributed by atoms with van der Waals surface area (Å²) >= 11 is 0. The number of amides is 1. The molecule has 0 N–H and O–H groups in total. The topological polar surface area (TPSA) is 81.9 Å². The normalized spacial score (nSPS) is 30.9. The van der Waals surface area contributed by atoms with Crippen LogP contribution in [0.25, 0.3) is 0 Å². The summed E-state index contributed by atoms with van der Waals surface area (Å²) in [5.41, 5.74) is 0.812. The summed E-state index contributed by atoms with van der Waals surface area (Å²) in [7, 11) is 0. The molecule has 1 aromatic rings. The van der Waals surface area contributed by atoms with E-state index < -0.39 is 6.09 Å². The van der Waals surface area contributed by atoms with Gasteiger partial charge in [0, 0.05) is 18.1 Å². The van der Waals surface area contributed by atoms with Crippen LogP contribution in [0.2, 0.25) is 0 Å². The van der Waals surface area contributed by atoms with Crippen LogP contribution in [0.15, 0.2) is 36.4 Å². The van der Waals surface area contributed by atoms with Gasteiger partial charge in [0.2, 0.25) is 0 Å². The number of non-ortho nitro benzene ring substituents is 1. The Balaban J connectivity index is 1.52. The van der Waals surface area contributed by atoms with Crippen molar-refractivity contribution in [1.82, 2.24) is 5.06 Å². The molecule has 5 atom stereocenters. The van der Waals surface area contributed by atoms with Crippen LogP contribution in [0.4, 0.5) is 10.5 Å². The first-order valence-electron chi connectivity index (χ1n) is 10.9. The number of rotatable bonds is 4. The standard InChI is InChI=1S/C23H30N2O5/c1-15-4-13-20(23(2,3)16-5-7-18(8-6-16)25(27)28)21(14-15)29-22(26)24-17-9-11-19(30-24)12-10-17/h5-9,11,15,17,19-21H,4,10,12-14H2,1-3H3/t15-,17+,19-,20-,21-/m1/s1. The second-order valence-electron chi connectivity index (χ2n) is 9.47. The highest BCUT2D eigenvalue weighted by Crippen LogP contribution is 2.44. The summed E-state index contributed by atoms with van der Waals surface area (Å²) in [5, 5.41) is 12.4. The lowest BCUT2D eigenvalue weighted by Gasteiger charge is -2.45. The van der Waals surface area contributed by atoms with Gasteiger partial charge in [-0.15, -0.1) is 0 Å². The van der Waals surface area contributed by atoms with Gasteiger partial charge in [-0.25, -0.2) is 4.79 Å². The van der Waals surface area contributed by atoms with Gasteiger partial charge in [0.1, 0.15) is 12.2 Å². The van der Waals surface area contributed by atoms with Crippen molar-refractivity contribution in [2.45, 2.75) is 76.5 Å². The van der Waals surface area contributed by atoms with E-state index in [4.69, 9.17) is 9.57 Å². The molecule has 30 heavy (non-hydrogen) atoms. The molecule has 1 saturated carbocycles. The fourth-order valence-corrected chi connectivity index (χ4v) is 5.16. The number of carbonyl (C=O) groups is 1. The molecule has 4 aliphatic rings. The minimum atomic E-state index is -0.405. The number of fused-ring (bicyclic) bond motifs is 2. The third-order valence-corrected chi connectivity index (χ3v) is 7.08. The Morgan fingerprint density at radius 3 is 2.47 bits per heavy atom. The van der Waals surface area contributed by atoms with Crippen molar-refractivity contribution in [3.05, 3.63) is 52.1 Å². The van der Waals surface area contributed by atoms with Gasteiger partial charge in [0.15, 0.2) is 0 Å². The van der Waals surface area contributed by atoms with E-state index in [9.17, 15) is 14.9 Å². The smallest absolute Gasteiger partial charge is 0.434 e. The lowest BCUT2D eigenvalue weighted by atomic mass is 9.64. The SMILES string of the molecule is C[C@@H]1CC[C@@H](C(C)(C)c2ccc([N+](=O)[O-])cc2)[C@H](OC(=O)N2O[C@@H]3C=C[C@H]2CC3)C1. The third kappa shape index (κ3) is 3.95. The van der Waals surface area contributed by atoms with E-state index >= 15 is 0 Å². The summed E-state index contributed by atoms with van der Waals surface area (Å²) in [6, 6.07) is 6.70. The highest BCUT2D eigenvalue weighted by atomic mass is 16.7. The van der Waals surface area contributed by atoms with Crippen molar-refractivity contribution in [3.8, 4) is 0 Å². The van der Waals surface area contributed by atoms with Gasteiger partial charge in [-0.2, -0.15) is 5.06 Å². The van der Waals surface area contributed by atoms with Gasteiger partial charge in [0.05, 0.1) is 11.0 Å². The zero-order valence-corrected chi connectivity index (χ0v) is 17.8. The van der Waals surface area contributed by atoms with Gasteiger partial charge >= 0.3 is 6.09 Å². The molecule has 0 unspecified atom stereocenters. The van der Waals surface area contributed by atoms with Crippen molar-refractivity contribution < 1.29 is 19.3 Å². The predicted molar refractivity (Wildman–Crippen MR) is 112 cm³/mol. The van der Waals surface area contributed by atoms with Gasteiger partial charge in [-0.1, -0.05) is 51.5 Å². The third-order valence-electron chi connectivity index (χ3n) is 7.08. The minimum absolute atomic E-state index is 0.0415. The molecule has 2 aliphatic heterocycles. The van der Waals surface area contributed by atoms with Crippen LogP contribution in [-0.2, 0) is 15.0 Å². The van der Waals surface area contributed by atoms with Crippen molar-refractivity contribution in [3.63, 3.8) is 0 Å². The van der Waals surface area contributed by atoms with Crippen LogP contribution in [-0.4, -0.2) is 34.3 Å². The Morgan fingerprint density at radius 2 is 1.90 bits per heavy atom. The van der Waals surface area contributed by atoms with E-state index in [2.05, 4.69) is 20.8 Å². The van der Waals surface area contributed by atoms with Crippen LogP contribution in [0.3, 0.4) is 0 Å². The van der Waals surface area contributed by atoms with Crippen LogP contribution < -0.4 is 0 Å². The van der Waals surface area contributed by atoms with Crippen molar-refractivity contribution >= 4 is 11.8 Å². The quantitative estimate of drug-likeness (QED) is 0.387. The molecule has 2 aliphatic carbocycles. The molecular formula is C23H30N2O5. The molecular weight excluding hydrogens is 384 g/mol. The fourth-order valence-electron chi connectivity index (χ4n) is 5.16. The first-order chi connectivity index (χ1) is 14.3. The highest BCUT2D eigenvalue weighted by molar-refractivity contribution is 5.67. The maximum absolute atomic E-state index is 13.0. The Hall–Kier alpha value is -2.41. The minimum Gasteiger partial charge on any atom is -0.444 e. The maximum atomic E-state index is 13.0. The Kier molecular flexibility index (Phi) is 5.57. The fraction of sp³-hybridized carbons (Fsp3) is 0.609. The monoisotopic (exact) mass is 414 g/mol. The number of ether oxygens (including phenoxy) is 1. The number of hydrogen-bond acceptors (Lipinski definition) is 5. The van der Waals surface area contributed by atoms with Crippen LogP contribution >= 0.6 is 0 Å². The molecule has 7 heteroatoms. The van der Waals surface area contributed by atoms with Crippen LogP contribution in [0.1, 0.15) is 58.4 Å². The first kappa shape index (κ1) is 20.8. The zero-order valence-electron chi connectivity index (χ0n) is 17.8. The maximum Gasteiger partial charge on any atom is 0.434 e. The van der Waals surface area contributed by atoms with Crippen molar-refractivity contribution in [1.29, 1.82) is 0 Å². The molecule has 7 nitrogen and oxygen atoms in total. The molecule has 1 saturated heterocycles. The Bertz CT molecular complexity index is 835. The average molecular weight is 415 g/mol. The summed E-state index contributed by atoms with van der Waals surface area (Å²) in [4.78, 5) is 29.3. The number of benzene rings is 1. The molecule has 1 aromatic carbocycles. The van der Waals surface area contributed by atoms with Gasteiger partial charge in [-0.3, -0.25) is 15.0 Å². The van der Waals surface area contributed by atoms with E-state index in [0.29, 0.717) is 5.92 Å². The van der Waals surface area contributed by atoms with E-state index in [1.54, 1.807) is 12.1 Å². The summed E-state index contributed by atoms with van der Waals surface area (Å²) in [6.07, 6.45) is 8.03. The molecule has 0 aromatic heterocycles. The number of carbonyl (C=O) groups excluding carboxylic acids is 1. The first-order valence-corrected chi connectivity index (χ1v) is 10.9. The Labute approximate surface area is 177 Å². The van der Waals surface area contributed by atoms with Crippen LogP contribution in [0.5, 0.6) is 0 Å². The number of nitro benzene ring substituents is 1. The van der Waals surface area contributed by atoms with E-state index in [-0.39, 0.29) is 40.2 Å². The van der Waals surface area contributed by atoms with E-state index in [0.717, 1.165) is 37.7 Å². The second kappa shape index (κ2) is 8.02. The molecule has 0 radical (unpaired) electrons. The number of hydrogen-bond donors (Lipinski definition) is 0. The average Bonchev–Trinajstić information content (AvgIpc) is 2.74. The molecule has 2 heterocycles. The second-order valence-corrected chi connectivity index (χ2v) is 9.47. The van der Waals surface area contributed by atoms with E-state index in [1.807, 2.05) is 24.3 Å². The Morgan fingerprint density at radius 1 is 1.17 bits per heavy atom. The van der Waals surface area contributed by atoms with Gasteiger partial charge in [0.25, 0.3) is 5.69 Å². The zero-order chi connectivity index (χ0) is 21.5. The summed E-state index contributed by atoms with van der Waals surface area (Å²) in [5.74, 6) is 0.599. The molecule has 1 amide bonds. The molecule has 2 fully saturated rings. The number of nitrogens with zero attached hydrogens (tertiary/aromatic N) is 2.